The Hall–Kier alpha value is -3.26. The van der Waals surface area contributed by atoms with Gasteiger partial charge in [-0.15, -0.1) is 0 Å². The molecule has 0 fully saturated rings. The molecule has 0 atom stereocenters. The molecule has 0 spiro atoms. The lowest BCUT2D eigenvalue weighted by atomic mass is 10.1. The van der Waals surface area contributed by atoms with Crippen LogP contribution in [0.5, 0.6) is 5.75 Å². The molecule has 0 radical (unpaired) electrons. The van der Waals surface area contributed by atoms with E-state index in [0.29, 0.717) is 39.4 Å². The number of fused-ring (bicyclic) bond motifs is 1. The van der Waals surface area contributed by atoms with Gasteiger partial charge in [0, 0.05) is 10.6 Å². The van der Waals surface area contributed by atoms with Crippen LogP contribution >= 0.6 is 23.2 Å². The minimum absolute atomic E-state index is 0.342. The van der Waals surface area contributed by atoms with Crippen LogP contribution in [0.3, 0.4) is 0 Å². The normalized spacial score (nSPS) is 11.5. The van der Waals surface area contributed by atoms with Crippen molar-refractivity contribution >= 4 is 45.9 Å². The number of nitriles is 1. The first-order chi connectivity index (χ1) is 14.5. The molecule has 0 saturated carbocycles. The molecule has 4 aromatic rings. The summed E-state index contributed by atoms with van der Waals surface area (Å²) in [5, 5.41) is 10.6. The van der Waals surface area contributed by atoms with Gasteiger partial charge in [-0.2, -0.15) is 5.26 Å². The zero-order valence-electron chi connectivity index (χ0n) is 16.1. The van der Waals surface area contributed by atoms with Crippen LogP contribution in [0.2, 0.25) is 10.0 Å². The zero-order valence-corrected chi connectivity index (χ0v) is 17.6. The average Bonchev–Trinajstić information content (AvgIpc) is 3.16. The summed E-state index contributed by atoms with van der Waals surface area (Å²) in [7, 11) is 0. The quantitative estimate of drug-likeness (QED) is 0.351. The number of para-hydroxylation sites is 2. The van der Waals surface area contributed by atoms with Gasteiger partial charge in [-0.1, -0.05) is 65.2 Å². The Balaban J connectivity index is 1.71. The topological polar surface area (TPSA) is 61.7 Å². The van der Waals surface area contributed by atoms with Crippen molar-refractivity contribution in [1.82, 2.24) is 9.97 Å². The molecular formula is C24H17Cl2N3O. The van der Waals surface area contributed by atoms with E-state index in [1.54, 1.807) is 18.2 Å². The van der Waals surface area contributed by atoms with Crippen LogP contribution in [0, 0.1) is 18.3 Å². The van der Waals surface area contributed by atoms with Gasteiger partial charge in [0.25, 0.3) is 0 Å². The third-order valence-corrected chi connectivity index (χ3v) is 5.10. The molecule has 0 amide bonds. The smallest absolute Gasteiger partial charge is 0.149 e. The zero-order chi connectivity index (χ0) is 21.1. The van der Waals surface area contributed by atoms with Crippen LogP contribution in [-0.2, 0) is 6.61 Å². The van der Waals surface area contributed by atoms with E-state index in [4.69, 9.17) is 27.9 Å². The third-order valence-electron chi connectivity index (χ3n) is 4.61. The first kappa shape index (κ1) is 20.0. The number of benzene rings is 3. The van der Waals surface area contributed by atoms with Crippen molar-refractivity contribution in [2.45, 2.75) is 13.5 Å². The second kappa shape index (κ2) is 8.62. The number of halogens is 2. The highest BCUT2D eigenvalue weighted by Gasteiger charge is 2.13. The fourth-order valence-electron chi connectivity index (χ4n) is 3.07. The van der Waals surface area contributed by atoms with E-state index in [9.17, 15) is 5.26 Å². The molecule has 0 saturated heterocycles. The van der Waals surface area contributed by atoms with E-state index >= 15 is 0 Å². The summed E-state index contributed by atoms with van der Waals surface area (Å²) in [4.78, 5) is 7.67. The fraction of sp³-hybridized carbons (Fsp3) is 0.0833. The Kier molecular flexibility index (Phi) is 5.76. The first-order valence-electron chi connectivity index (χ1n) is 9.28. The van der Waals surface area contributed by atoms with Crippen LogP contribution in [0.4, 0.5) is 0 Å². The van der Waals surface area contributed by atoms with E-state index in [1.165, 1.54) is 5.56 Å². The number of imidazole rings is 1. The van der Waals surface area contributed by atoms with Crippen molar-refractivity contribution in [2.24, 2.45) is 0 Å². The summed E-state index contributed by atoms with van der Waals surface area (Å²) in [6.45, 7) is 2.38. The monoisotopic (exact) mass is 433 g/mol. The molecule has 3 aromatic carbocycles. The number of nitrogens with zero attached hydrogens (tertiary/aromatic N) is 2. The Morgan fingerprint density at radius 2 is 1.90 bits per heavy atom. The number of hydrogen-bond acceptors (Lipinski definition) is 3. The fourth-order valence-corrected chi connectivity index (χ4v) is 3.63. The third kappa shape index (κ3) is 4.33. The molecular weight excluding hydrogens is 417 g/mol. The number of ether oxygens (including phenoxy) is 1. The largest absolute Gasteiger partial charge is 0.487 e. The summed E-state index contributed by atoms with van der Waals surface area (Å²) in [6, 6.07) is 21.2. The number of H-pyrrole nitrogens is 1. The van der Waals surface area contributed by atoms with E-state index in [2.05, 4.69) is 16.0 Å². The first-order valence-corrected chi connectivity index (χ1v) is 10.0. The van der Waals surface area contributed by atoms with Crippen molar-refractivity contribution in [3.63, 3.8) is 0 Å². The number of hydrogen-bond donors (Lipinski definition) is 1. The maximum atomic E-state index is 9.74. The molecule has 6 heteroatoms. The molecule has 30 heavy (non-hydrogen) atoms. The van der Waals surface area contributed by atoms with Crippen molar-refractivity contribution in [2.75, 3.05) is 0 Å². The highest BCUT2D eigenvalue weighted by atomic mass is 35.5. The molecule has 1 heterocycles. The molecule has 4 nitrogen and oxygen atoms in total. The van der Waals surface area contributed by atoms with Gasteiger partial charge in [-0.05, 0) is 42.8 Å². The summed E-state index contributed by atoms with van der Waals surface area (Å²) in [5.74, 6) is 0.935. The Morgan fingerprint density at radius 1 is 1.13 bits per heavy atom. The molecule has 0 unspecified atom stereocenters. The minimum atomic E-state index is 0.342. The molecule has 0 bridgehead atoms. The van der Waals surface area contributed by atoms with Gasteiger partial charge in [0.2, 0.25) is 0 Å². The van der Waals surface area contributed by atoms with E-state index in [-0.39, 0.29) is 0 Å². The number of aromatic amines is 1. The van der Waals surface area contributed by atoms with Gasteiger partial charge in [-0.25, -0.2) is 4.98 Å². The molecule has 4 rings (SSSR count). The molecule has 1 aromatic heterocycles. The maximum Gasteiger partial charge on any atom is 0.149 e. The lowest BCUT2D eigenvalue weighted by Crippen LogP contribution is -1.98. The van der Waals surface area contributed by atoms with Gasteiger partial charge >= 0.3 is 0 Å². The Labute approximate surface area is 184 Å². The number of aryl methyl sites for hydroxylation is 1. The Bertz CT molecular complexity index is 1250. The number of nitrogens with one attached hydrogen (secondary N) is 1. The predicted molar refractivity (Wildman–Crippen MR) is 122 cm³/mol. The van der Waals surface area contributed by atoms with Gasteiger partial charge in [0.1, 0.15) is 24.3 Å². The molecule has 0 aliphatic carbocycles. The van der Waals surface area contributed by atoms with Gasteiger partial charge < -0.3 is 9.72 Å². The highest BCUT2D eigenvalue weighted by molar-refractivity contribution is 6.36. The van der Waals surface area contributed by atoms with Crippen molar-refractivity contribution in [3.8, 4) is 11.8 Å². The van der Waals surface area contributed by atoms with Gasteiger partial charge in [0.05, 0.1) is 21.6 Å². The highest BCUT2D eigenvalue weighted by Crippen LogP contribution is 2.35. The van der Waals surface area contributed by atoms with E-state index < -0.39 is 0 Å². The molecule has 148 valence electrons. The van der Waals surface area contributed by atoms with Crippen LogP contribution < -0.4 is 4.74 Å². The summed E-state index contributed by atoms with van der Waals surface area (Å²) >= 11 is 12.6. The molecule has 0 aliphatic rings. The second-order valence-electron chi connectivity index (χ2n) is 6.85. The van der Waals surface area contributed by atoms with Gasteiger partial charge in [-0.3, -0.25) is 0 Å². The van der Waals surface area contributed by atoms with E-state index in [1.807, 2.05) is 55.5 Å². The second-order valence-corrected chi connectivity index (χ2v) is 7.70. The van der Waals surface area contributed by atoms with Crippen molar-refractivity contribution in [3.05, 3.63) is 93.2 Å². The summed E-state index contributed by atoms with van der Waals surface area (Å²) in [5.41, 5.74) is 4.79. The van der Waals surface area contributed by atoms with Crippen LogP contribution in [0.25, 0.3) is 22.7 Å². The maximum absolute atomic E-state index is 9.74. The van der Waals surface area contributed by atoms with Crippen LogP contribution in [0.1, 0.15) is 22.5 Å². The van der Waals surface area contributed by atoms with Crippen LogP contribution in [-0.4, -0.2) is 9.97 Å². The minimum Gasteiger partial charge on any atom is -0.487 e. The molecule has 0 aliphatic heterocycles. The Morgan fingerprint density at radius 3 is 2.63 bits per heavy atom. The van der Waals surface area contributed by atoms with Gasteiger partial charge in [0.15, 0.2) is 0 Å². The number of rotatable bonds is 5. The summed E-state index contributed by atoms with van der Waals surface area (Å²) < 4.78 is 6.01. The lowest BCUT2D eigenvalue weighted by molar-refractivity contribution is 0.306. The van der Waals surface area contributed by atoms with E-state index in [0.717, 1.165) is 16.6 Å². The predicted octanol–water partition coefficient (Wildman–Crippen LogP) is 6.82. The van der Waals surface area contributed by atoms with Crippen molar-refractivity contribution < 1.29 is 4.74 Å². The van der Waals surface area contributed by atoms with Crippen molar-refractivity contribution in [1.29, 1.82) is 5.26 Å². The number of aromatic nitrogens is 2. The average molecular weight is 434 g/mol. The lowest BCUT2D eigenvalue weighted by Gasteiger charge is -2.12. The molecule has 1 N–H and O–H groups in total. The number of allylic oxidation sites excluding steroid dienone is 1. The standard InChI is InChI=1S/C24H17Cl2N3O/c1-15-6-8-16(9-7-15)14-30-23-17(11-19(25)12-20(23)26)10-18(13-27)24-28-21-4-2-3-5-22(21)29-24/h2-12H,14H2,1H3,(H,28,29)/b18-10+. The van der Waals surface area contributed by atoms with Crippen LogP contribution in [0.15, 0.2) is 60.7 Å². The summed E-state index contributed by atoms with van der Waals surface area (Å²) in [6.07, 6.45) is 1.68. The SMILES string of the molecule is Cc1ccc(COc2c(Cl)cc(Cl)cc2/C=C(\C#N)c2nc3ccccc3[nH]2)cc1.